The predicted molar refractivity (Wildman–Crippen MR) is 86.5 cm³/mol. The maximum atomic E-state index is 11.9. The van der Waals surface area contributed by atoms with E-state index in [1.807, 2.05) is 34.6 Å². The van der Waals surface area contributed by atoms with Crippen LogP contribution in [0.1, 0.15) is 39.5 Å². The van der Waals surface area contributed by atoms with Crippen molar-refractivity contribution in [1.29, 1.82) is 0 Å². The van der Waals surface area contributed by atoms with Crippen LogP contribution in [-0.2, 0) is 16.0 Å². The Kier molecular flexibility index (Phi) is 6.33. The Labute approximate surface area is 130 Å². The zero-order valence-corrected chi connectivity index (χ0v) is 14.5. The lowest BCUT2D eigenvalue weighted by Gasteiger charge is -2.16. The van der Waals surface area contributed by atoms with E-state index in [1.165, 1.54) is 11.3 Å². The van der Waals surface area contributed by atoms with E-state index in [4.69, 9.17) is 0 Å². The highest BCUT2D eigenvalue weighted by Crippen LogP contribution is 2.24. The molecule has 6 heteroatoms. The molecule has 2 amide bonds. The Bertz CT molecular complexity index is 497. The molecular formula is C15H25N3O2S. The van der Waals surface area contributed by atoms with Crippen LogP contribution < -0.4 is 10.2 Å². The lowest BCUT2D eigenvalue weighted by Crippen LogP contribution is -2.35. The first kappa shape index (κ1) is 17.6. The maximum Gasteiger partial charge on any atom is 0.231 e. The van der Waals surface area contributed by atoms with Crippen molar-refractivity contribution in [2.24, 2.45) is 11.8 Å². The summed E-state index contributed by atoms with van der Waals surface area (Å²) in [6.07, 6.45) is 2.39. The summed E-state index contributed by atoms with van der Waals surface area (Å²) in [6.45, 7) is 9.53. The summed E-state index contributed by atoms with van der Waals surface area (Å²) in [5.41, 5.74) is 0. The van der Waals surface area contributed by atoms with Crippen LogP contribution in [0.2, 0.25) is 0 Å². The van der Waals surface area contributed by atoms with E-state index in [1.54, 1.807) is 18.1 Å². The summed E-state index contributed by atoms with van der Waals surface area (Å²) in [6, 6.07) is 0.145. The van der Waals surface area contributed by atoms with Gasteiger partial charge in [-0.1, -0.05) is 20.8 Å². The predicted octanol–water partition coefficient (Wildman–Crippen LogP) is 2.47. The molecule has 0 aromatic carbocycles. The number of hydrogen-bond donors (Lipinski definition) is 1. The van der Waals surface area contributed by atoms with E-state index in [9.17, 15) is 9.59 Å². The van der Waals surface area contributed by atoms with Gasteiger partial charge in [0.05, 0.1) is 0 Å². The third-order valence-corrected chi connectivity index (χ3v) is 4.13. The molecule has 118 valence electrons. The van der Waals surface area contributed by atoms with Crippen LogP contribution >= 0.6 is 11.3 Å². The first-order valence-corrected chi connectivity index (χ1v) is 8.06. The van der Waals surface area contributed by atoms with Gasteiger partial charge in [-0.25, -0.2) is 4.98 Å². The topological polar surface area (TPSA) is 62.3 Å². The molecule has 5 nitrogen and oxygen atoms in total. The average Bonchev–Trinajstić information content (AvgIpc) is 2.84. The van der Waals surface area contributed by atoms with Crippen LogP contribution in [-0.4, -0.2) is 29.9 Å². The summed E-state index contributed by atoms with van der Waals surface area (Å²) in [7, 11) is 1.74. The molecule has 1 atom stereocenters. The number of amides is 2. The van der Waals surface area contributed by atoms with Crippen LogP contribution in [0, 0.1) is 11.8 Å². The number of anilines is 1. The lowest BCUT2D eigenvalue weighted by atomic mass is 10.1. The molecule has 0 radical (unpaired) electrons. The van der Waals surface area contributed by atoms with Crippen molar-refractivity contribution in [2.45, 2.75) is 47.1 Å². The maximum absolute atomic E-state index is 11.9. The number of thiazole rings is 1. The zero-order chi connectivity index (χ0) is 16.2. The van der Waals surface area contributed by atoms with Gasteiger partial charge in [0, 0.05) is 36.0 Å². The second-order valence-corrected chi connectivity index (χ2v) is 7.02. The summed E-state index contributed by atoms with van der Waals surface area (Å²) >= 11 is 1.47. The summed E-state index contributed by atoms with van der Waals surface area (Å²) < 4.78 is 0. The fourth-order valence-electron chi connectivity index (χ4n) is 1.85. The van der Waals surface area contributed by atoms with Gasteiger partial charge in [0.2, 0.25) is 11.8 Å². The second-order valence-electron chi connectivity index (χ2n) is 5.93. The minimum absolute atomic E-state index is 0.0431. The van der Waals surface area contributed by atoms with Gasteiger partial charge in [-0.3, -0.25) is 14.5 Å². The van der Waals surface area contributed by atoms with Gasteiger partial charge in [-0.05, 0) is 20.3 Å². The van der Waals surface area contributed by atoms with Gasteiger partial charge in [-0.2, -0.15) is 0 Å². The third kappa shape index (κ3) is 5.12. The molecule has 1 rings (SSSR count). The molecule has 1 heterocycles. The van der Waals surface area contributed by atoms with Gasteiger partial charge in [0.15, 0.2) is 5.13 Å². The van der Waals surface area contributed by atoms with E-state index >= 15 is 0 Å². The quantitative estimate of drug-likeness (QED) is 0.878. The number of rotatable bonds is 6. The van der Waals surface area contributed by atoms with Gasteiger partial charge >= 0.3 is 0 Å². The van der Waals surface area contributed by atoms with E-state index in [0.717, 1.165) is 4.88 Å². The van der Waals surface area contributed by atoms with Crippen LogP contribution in [0.4, 0.5) is 5.13 Å². The van der Waals surface area contributed by atoms with Crippen LogP contribution in [0.15, 0.2) is 6.20 Å². The number of nitrogens with zero attached hydrogens (tertiary/aromatic N) is 2. The first-order chi connectivity index (χ1) is 9.72. The van der Waals surface area contributed by atoms with Gasteiger partial charge in [0.25, 0.3) is 0 Å². The second kappa shape index (κ2) is 7.54. The Morgan fingerprint density at radius 2 is 1.90 bits per heavy atom. The fraction of sp³-hybridized carbons (Fsp3) is 0.667. The van der Waals surface area contributed by atoms with Crippen molar-refractivity contribution in [3.8, 4) is 0 Å². The minimum atomic E-state index is -0.105. The summed E-state index contributed by atoms with van der Waals surface area (Å²) in [5.74, 6) is -0.0713. The Balaban J connectivity index is 2.67. The third-order valence-electron chi connectivity index (χ3n) is 3.04. The van der Waals surface area contributed by atoms with Crippen LogP contribution in [0.25, 0.3) is 0 Å². The summed E-state index contributed by atoms with van der Waals surface area (Å²) in [4.78, 5) is 30.7. The normalized spacial score (nSPS) is 12.6. The molecule has 1 aromatic heterocycles. The van der Waals surface area contributed by atoms with E-state index in [0.29, 0.717) is 11.6 Å². The van der Waals surface area contributed by atoms with Crippen molar-refractivity contribution >= 4 is 28.3 Å². The molecule has 0 aliphatic carbocycles. The Morgan fingerprint density at radius 1 is 1.29 bits per heavy atom. The molecule has 0 spiro atoms. The SMILES string of the molecule is CC(C)NC(=O)C(C)Cc1cnc(N(C)C(=O)C(C)C)s1. The lowest BCUT2D eigenvalue weighted by molar-refractivity contribution is -0.125. The zero-order valence-electron chi connectivity index (χ0n) is 13.6. The highest BCUT2D eigenvalue weighted by molar-refractivity contribution is 7.15. The molecule has 0 saturated carbocycles. The molecule has 1 aromatic rings. The van der Waals surface area contributed by atoms with Crippen molar-refractivity contribution in [3.63, 3.8) is 0 Å². The highest BCUT2D eigenvalue weighted by Gasteiger charge is 2.20. The number of carbonyl (C=O) groups is 2. The molecule has 21 heavy (non-hydrogen) atoms. The van der Waals surface area contributed by atoms with Crippen LogP contribution in [0.5, 0.6) is 0 Å². The van der Waals surface area contributed by atoms with Crippen molar-refractivity contribution in [3.05, 3.63) is 11.1 Å². The number of aromatic nitrogens is 1. The van der Waals surface area contributed by atoms with E-state index in [-0.39, 0.29) is 29.7 Å². The Hall–Kier alpha value is -1.43. The van der Waals surface area contributed by atoms with Crippen molar-refractivity contribution < 1.29 is 9.59 Å². The fourth-order valence-corrected chi connectivity index (χ4v) is 2.85. The number of nitrogens with one attached hydrogen (secondary N) is 1. The summed E-state index contributed by atoms with van der Waals surface area (Å²) in [5, 5.41) is 3.59. The molecule has 0 aliphatic heterocycles. The molecule has 0 saturated heterocycles. The molecule has 1 N–H and O–H groups in total. The molecule has 1 unspecified atom stereocenters. The molecule has 0 bridgehead atoms. The minimum Gasteiger partial charge on any atom is -0.354 e. The van der Waals surface area contributed by atoms with Gasteiger partial charge in [-0.15, -0.1) is 11.3 Å². The largest absolute Gasteiger partial charge is 0.354 e. The van der Waals surface area contributed by atoms with Gasteiger partial charge in [0.1, 0.15) is 0 Å². The van der Waals surface area contributed by atoms with Crippen molar-refractivity contribution in [2.75, 3.05) is 11.9 Å². The molecule has 0 fully saturated rings. The first-order valence-electron chi connectivity index (χ1n) is 7.25. The number of hydrogen-bond acceptors (Lipinski definition) is 4. The standard InChI is InChI=1S/C15H25N3O2S/c1-9(2)14(20)18(6)15-16-8-12(21-15)7-11(5)13(19)17-10(3)4/h8-11H,7H2,1-6H3,(H,17,19). The Morgan fingerprint density at radius 3 is 2.43 bits per heavy atom. The highest BCUT2D eigenvalue weighted by atomic mass is 32.1. The monoisotopic (exact) mass is 311 g/mol. The van der Waals surface area contributed by atoms with Gasteiger partial charge < -0.3 is 5.32 Å². The molecular weight excluding hydrogens is 286 g/mol. The van der Waals surface area contributed by atoms with E-state index < -0.39 is 0 Å². The van der Waals surface area contributed by atoms with Crippen molar-refractivity contribution in [1.82, 2.24) is 10.3 Å². The molecule has 0 aliphatic rings. The number of carbonyl (C=O) groups excluding carboxylic acids is 2. The van der Waals surface area contributed by atoms with E-state index in [2.05, 4.69) is 10.3 Å². The smallest absolute Gasteiger partial charge is 0.231 e. The average molecular weight is 311 g/mol. The van der Waals surface area contributed by atoms with Crippen LogP contribution in [0.3, 0.4) is 0 Å².